The molecular formula is C10H11N3OS. The second-order valence-corrected chi connectivity index (χ2v) is 4.89. The molecule has 78 valence electrons. The van der Waals surface area contributed by atoms with Crippen molar-refractivity contribution in [3.8, 4) is 0 Å². The molecule has 0 aliphatic heterocycles. The number of thiophene rings is 1. The number of rotatable bonds is 0. The Labute approximate surface area is 90.1 Å². The smallest absolute Gasteiger partial charge is 0.259 e. The number of fused-ring (bicyclic) bond motifs is 3. The lowest BCUT2D eigenvalue weighted by atomic mass is 9.94. The van der Waals surface area contributed by atoms with Crippen molar-refractivity contribution in [3.05, 3.63) is 27.1 Å². The third-order valence-electron chi connectivity index (χ3n) is 2.90. The first-order valence-electron chi connectivity index (χ1n) is 5.02. The van der Waals surface area contributed by atoms with Gasteiger partial charge in [-0.3, -0.25) is 4.79 Å². The highest BCUT2D eigenvalue weighted by Crippen LogP contribution is 2.37. The predicted octanol–water partition coefficient (Wildman–Crippen LogP) is 1.32. The Morgan fingerprint density at radius 1 is 1.60 bits per heavy atom. The molecule has 0 saturated carbocycles. The molecule has 0 bridgehead atoms. The molecular weight excluding hydrogens is 210 g/mol. The van der Waals surface area contributed by atoms with E-state index >= 15 is 0 Å². The Hall–Kier alpha value is -1.20. The van der Waals surface area contributed by atoms with Crippen LogP contribution in [0.3, 0.4) is 0 Å². The molecule has 1 aliphatic carbocycles. The van der Waals surface area contributed by atoms with Crippen molar-refractivity contribution in [1.82, 2.24) is 9.97 Å². The third-order valence-corrected chi connectivity index (χ3v) is 4.17. The number of hydrogen-bond acceptors (Lipinski definition) is 4. The van der Waals surface area contributed by atoms with E-state index in [0.29, 0.717) is 0 Å². The minimum Gasteiger partial charge on any atom is -0.323 e. The van der Waals surface area contributed by atoms with Gasteiger partial charge in [0.1, 0.15) is 4.83 Å². The Kier molecular flexibility index (Phi) is 1.90. The van der Waals surface area contributed by atoms with Crippen molar-refractivity contribution < 1.29 is 0 Å². The molecule has 2 aromatic rings. The fraction of sp³-hybridized carbons (Fsp3) is 0.400. The van der Waals surface area contributed by atoms with Crippen molar-refractivity contribution in [2.45, 2.75) is 25.3 Å². The number of H-pyrrole nitrogens is 1. The molecule has 3 N–H and O–H groups in total. The minimum absolute atomic E-state index is 0.0356. The van der Waals surface area contributed by atoms with Crippen LogP contribution in [0.15, 0.2) is 11.1 Å². The quantitative estimate of drug-likeness (QED) is 0.704. The van der Waals surface area contributed by atoms with E-state index in [4.69, 9.17) is 5.73 Å². The number of nitrogens with two attached hydrogens (primary N) is 1. The lowest BCUT2D eigenvalue weighted by molar-refractivity contribution is 0.583. The monoisotopic (exact) mass is 221 g/mol. The summed E-state index contributed by atoms with van der Waals surface area (Å²) in [5, 5.41) is 0.757. The number of nitrogens with one attached hydrogen (secondary N) is 1. The number of aryl methyl sites for hydroxylation is 1. The van der Waals surface area contributed by atoms with Gasteiger partial charge in [-0.15, -0.1) is 11.3 Å². The molecule has 0 spiro atoms. The Balaban J connectivity index is 2.42. The zero-order valence-electron chi connectivity index (χ0n) is 8.12. The Morgan fingerprint density at radius 2 is 2.47 bits per heavy atom. The number of nitrogens with zero attached hydrogens (tertiary/aromatic N) is 1. The van der Waals surface area contributed by atoms with Crippen LogP contribution in [0.25, 0.3) is 10.2 Å². The lowest BCUT2D eigenvalue weighted by Crippen LogP contribution is -2.16. The van der Waals surface area contributed by atoms with Gasteiger partial charge in [0.25, 0.3) is 5.56 Å². The van der Waals surface area contributed by atoms with Gasteiger partial charge < -0.3 is 10.7 Å². The molecule has 0 radical (unpaired) electrons. The molecule has 2 heterocycles. The third kappa shape index (κ3) is 1.23. The Morgan fingerprint density at radius 3 is 3.33 bits per heavy atom. The molecule has 1 aliphatic rings. The van der Waals surface area contributed by atoms with Crippen molar-refractivity contribution in [2.75, 3.05) is 0 Å². The summed E-state index contributed by atoms with van der Waals surface area (Å²) >= 11 is 1.57. The zero-order chi connectivity index (χ0) is 10.4. The molecule has 1 atom stereocenters. The van der Waals surface area contributed by atoms with Crippen LogP contribution in [0.1, 0.15) is 29.3 Å². The van der Waals surface area contributed by atoms with Crippen LogP contribution in [0.2, 0.25) is 0 Å². The molecule has 0 amide bonds. The van der Waals surface area contributed by atoms with Gasteiger partial charge in [-0.25, -0.2) is 4.98 Å². The first kappa shape index (κ1) is 9.06. The van der Waals surface area contributed by atoms with Crippen LogP contribution in [0.4, 0.5) is 0 Å². The van der Waals surface area contributed by atoms with Crippen LogP contribution in [-0.2, 0) is 6.42 Å². The summed E-state index contributed by atoms with van der Waals surface area (Å²) in [4.78, 5) is 20.5. The molecule has 4 nitrogen and oxygen atoms in total. The van der Waals surface area contributed by atoms with Crippen molar-refractivity contribution in [1.29, 1.82) is 0 Å². The SMILES string of the molecule is NC1CCCc2c1sc1nc[nH]c(=O)c21. The molecule has 5 heteroatoms. The van der Waals surface area contributed by atoms with E-state index in [1.807, 2.05) is 0 Å². The van der Waals surface area contributed by atoms with Crippen LogP contribution < -0.4 is 11.3 Å². The fourth-order valence-corrected chi connectivity index (χ4v) is 3.42. The summed E-state index contributed by atoms with van der Waals surface area (Å²) in [6.07, 6.45) is 4.49. The standard InChI is InChI=1S/C10H11N3OS/c11-6-3-1-2-5-7-9(14)12-4-13-10(7)15-8(5)6/h4,6H,1-3,11H2,(H,12,13,14). The van der Waals surface area contributed by atoms with Gasteiger partial charge in [0.05, 0.1) is 11.7 Å². The lowest BCUT2D eigenvalue weighted by Gasteiger charge is -2.17. The van der Waals surface area contributed by atoms with Crippen LogP contribution in [-0.4, -0.2) is 9.97 Å². The van der Waals surface area contributed by atoms with Crippen LogP contribution >= 0.6 is 11.3 Å². The summed E-state index contributed by atoms with van der Waals surface area (Å²) in [5.41, 5.74) is 7.12. The molecule has 0 fully saturated rings. The van der Waals surface area contributed by atoms with Gasteiger partial charge in [-0.2, -0.15) is 0 Å². The highest BCUT2D eigenvalue weighted by atomic mass is 32.1. The maximum atomic E-state index is 11.7. The first-order valence-corrected chi connectivity index (χ1v) is 5.83. The maximum Gasteiger partial charge on any atom is 0.259 e. The summed E-state index contributed by atoms with van der Waals surface area (Å²) < 4.78 is 0. The summed E-state index contributed by atoms with van der Waals surface area (Å²) in [6, 6.07) is 0.0901. The van der Waals surface area contributed by atoms with E-state index in [1.165, 1.54) is 6.33 Å². The van der Waals surface area contributed by atoms with Crippen molar-refractivity contribution in [2.24, 2.45) is 5.73 Å². The van der Waals surface area contributed by atoms with Crippen LogP contribution in [0.5, 0.6) is 0 Å². The van der Waals surface area contributed by atoms with E-state index in [9.17, 15) is 4.79 Å². The van der Waals surface area contributed by atoms with Crippen molar-refractivity contribution in [3.63, 3.8) is 0 Å². The first-order chi connectivity index (χ1) is 7.27. The molecule has 3 rings (SSSR count). The average Bonchev–Trinajstić information content (AvgIpc) is 2.59. The Bertz CT molecular complexity index is 572. The van der Waals surface area contributed by atoms with Gasteiger partial charge in [0, 0.05) is 10.9 Å². The highest BCUT2D eigenvalue weighted by Gasteiger charge is 2.23. The second-order valence-electron chi connectivity index (χ2n) is 3.86. The highest BCUT2D eigenvalue weighted by molar-refractivity contribution is 7.18. The topological polar surface area (TPSA) is 71.8 Å². The summed E-state index contributed by atoms with van der Waals surface area (Å²) in [6.45, 7) is 0. The van der Waals surface area contributed by atoms with Crippen molar-refractivity contribution >= 4 is 21.6 Å². The normalized spacial score (nSPS) is 20.5. The second kappa shape index (κ2) is 3.15. The van der Waals surface area contributed by atoms with Gasteiger partial charge in [0.2, 0.25) is 0 Å². The molecule has 0 aromatic carbocycles. The van der Waals surface area contributed by atoms with Gasteiger partial charge in [0.15, 0.2) is 0 Å². The summed E-state index contributed by atoms with van der Waals surface area (Å²) in [5.74, 6) is 0. The summed E-state index contributed by atoms with van der Waals surface area (Å²) in [7, 11) is 0. The van der Waals surface area contributed by atoms with E-state index in [2.05, 4.69) is 9.97 Å². The largest absolute Gasteiger partial charge is 0.323 e. The van der Waals surface area contributed by atoms with Crippen LogP contribution in [0, 0.1) is 0 Å². The molecule has 0 saturated heterocycles. The zero-order valence-corrected chi connectivity index (χ0v) is 8.93. The van der Waals surface area contributed by atoms with Gasteiger partial charge in [-0.05, 0) is 24.8 Å². The molecule has 15 heavy (non-hydrogen) atoms. The minimum atomic E-state index is -0.0356. The van der Waals surface area contributed by atoms with E-state index < -0.39 is 0 Å². The van der Waals surface area contributed by atoms with Gasteiger partial charge >= 0.3 is 0 Å². The molecule has 1 unspecified atom stereocenters. The van der Waals surface area contributed by atoms with Gasteiger partial charge in [-0.1, -0.05) is 0 Å². The average molecular weight is 221 g/mol. The molecule has 2 aromatic heterocycles. The van der Waals surface area contributed by atoms with E-state index in [0.717, 1.165) is 39.9 Å². The fourth-order valence-electron chi connectivity index (χ4n) is 2.19. The number of hydrogen-bond donors (Lipinski definition) is 2. The van der Waals surface area contributed by atoms with E-state index in [1.54, 1.807) is 11.3 Å². The van der Waals surface area contributed by atoms with E-state index in [-0.39, 0.29) is 11.6 Å². The number of aromatic amines is 1. The maximum absolute atomic E-state index is 11.7. The predicted molar refractivity (Wildman–Crippen MR) is 60.1 cm³/mol. The number of aromatic nitrogens is 2.